The van der Waals surface area contributed by atoms with Gasteiger partial charge >= 0.3 is 5.97 Å². The molecule has 1 N–H and O–H groups in total. The third-order valence-corrected chi connectivity index (χ3v) is 5.74. The van der Waals surface area contributed by atoms with Crippen LogP contribution in [0.5, 0.6) is 5.75 Å². The van der Waals surface area contributed by atoms with Crippen molar-refractivity contribution in [1.29, 1.82) is 0 Å². The van der Waals surface area contributed by atoms with E-state index in [2.05, 4.69) is 0 Å². The molecule has 0 radical (unpaired) electrons. The Balaban J connectivity index is 1.72. The molecule has 0 aliphatic carbocycles. The lowest BCUT2D eigenvalue weighted by Crippen LogP contribution is -2.69. The Labute approximate surface area is 154 Å². The van der Waals surface area contributed by atoms with Crippen molar-refractivity contribution in [2.45, 2.75) is 64.3 Å². The first-order valence-corrected chi connectivity index (χ1v) is 9.09. The highest BCUT2D eigenvalue weighted by Gasteiger charge is 2.60. The molecule has 6 heteroatoms. The standard InChI is InChI=1S/C20H28O6/c1-11-16(24-10-14-6-8-15(23-5)9-7-14)13(3)26-20(4)17(21)12(2)19(22)25-18(11)20/h6-9,11-13,16-18,21H,10H2,1-5H3/t11-,12+,13+,16-,17-,18+,20-/m1/s1. The molecule has 1 aromatic carbocycles. The molecule has 0 saturated carbocycles. The van der Waals surface area contributed by atoms with Crippen LogP contribution in [0.1, 0.15) is 33.3 Å². The Bertz CT molecular complexity index is 644. The maximum atomic E-state index is 12.1. The first-order chi connectivity index (χ1) is 12.3. The topological polar surface area (TPSA) is 74.2 Å². The Morgan fingerprint density at radius 1 is 1.19 bits per heavy atom. The van der Waals surface area contributed by atoms with Crippen LogP contribution in [0.4, 0.5) is 0 Å². The first-order valence-electron chi connectivity index (χ1n) is 9.09. The zero-order valence-electron chi connectivity index (χ0n) is 16.0. The van der Waals surface area contributed by atoms with Gasteiger partial charge in [-0.15, -0.1) is 0 Å². The zero-order valence-corrected chi connectivity index (χ0v) is 16.0. The van der Waals surface area contributed by atoms with Gasteiger partial charge in [0.05, 0.1) is 37.9 Å². The van der Waals surface area contributed by atoms with E-state index in [1.165, 1.54) is 0 Å². The summed E-state index contributed by atoms with van der Waals surface area (Å²) in [6, 6.07) is 7.68. The number of rotatable bonds is 4. The highest BCUT2D eigenvalue weighted by atomic mass is 16.6. The minimum Gasteiger partial charge on any atom is -0.497 e. The summed E-state index contributed by atoms with van der Waals surface area (Å²) in [4.78, 5) is 12.1. The number of fused-ring (bicyclic) bond motifs is 1. The number of aliphatic hydroxyl groups is 1. The van der Waals surface area contributed by atoms with Crippen molar-refractivity contribution < 1.29 is 28.8 Å². The van der Waals surface area contributed by atoms with Gasteiger partial charge in [0.1, 0.15) is 17.5 Å². The van der Waals surface area contributed by atoms with E-state index in [-0.39, 0.29) is 24.1 Å². The van der Waals surface area contributed by atoms with Gasteiger partial charge in [-0.05, 0) is 38.5 Å². The lowest BCUT2D eigenvalue weighted by Gasteiger charge is -2.55. The Morgan fingerprint density at radius 2 is 1.85 bits per heavy atom. The van der Waals surface area contributed by atoms with Gasteiger partial charge in [-0.1, -0.05) is 19.1 Å². The molecule has 0 unspecified atom stereocenters. The lowest BCUT2D eigenvalue weighted by atomic mass is 9.73. The van der Waals surface area contributed by atoms with Crippen LogP contribution in [0.3, 0.4) is 0 Å². The van der Waals surface area contributed by atoms with E-state index in [1.807, 2.05) is 45.0 Å². The maximum Gasteiger partial charge on any atom is 0.311 e. The molecule has 26 heavy (non-hydrogen) atoms. The van der Waals surface area contributed by atoms with Crippen molar-refractivity contribution in [2.24, 2.45) is 11.8 Å². The van der Waals surface area contributed by atoms with Gasteiger partial charge in [0, 0.05) is 5.92 Å². The van der Waals surface area contributed by atoms with Crippen molar-refractivity contribution in [2.75, 3.05) is 7.11 Å². The number of benzene rings is 1. The van der Waals surface area contributed by atoms with Crippen LogP contribution in [0.15, 0.2) is 24.3 Å². The predicted molar refractivity (Wildman–Crippen MR) is 94.7 cm³/mol. The maximum absolute atomic E-state index is 12.1. The molecule has 144 valence electrons. The highest BCUT2D eigenvalue weighted by Crippen LogP contribution is 2.44. The lowest BCUT2D eigenvalue weighted by molar-refractivity contribution is -0.303. The van der Waals surface area contributed by atoms with E-state index in [9.17, 15) is 9.90 Å². The molecule has 2 saturated heterocycles. The minimum atomic E-state index is -0.924. The molecule has 6 nitrogen and oxygen atoms in total. The third-order valence-electron chi connectivity index (χ3n) is 5.74. The molecule has 7 atom stereocenters. The third kappa shape index (κ3) is 3.21. The van der Waals surface area contributed by atoms with Crippen molar-refractivity contribution >= 4 is 5.97 Å². The molecular formula is C20H28O6. The number of hydrogen-bond acceptors (Lipinski definition) is 6. The molecule has 0 aromatic heterocycles. The first kappa shape index (κ1) is 19.1. The second kappa shape index (κ2) is 7.18. The number of methoxy groups -OCH3 is 1. The van der Waals surface area contributed by atoms with Crippen LogP contribution >= 0.6 is 0 Å². The molecule has 0 spiro atoms. The number of carbonyl (C=O) groups excluding carboxylic acids is 1. The van der Waals surface area contributed by atoms with Crippen molar-refractivity contribution in [3.05, 3.63) is 29.8 Å². The second-order valence-corrected chi connectivity index (χ2v) is 7.58. The number of carbonyl (C=O) groups is 1. The average molecular weight is 364 g/mol. The summed E-state index contributed by atoms with van der Waals surface area (Å²) in [5, 5.41) is 10.6. The van der Waals surface area contributed by atoms with Crippen LogP contribution in [-0.2, 0) is 25.6 Å². The fourth-order valence-electron chi connectivity index (χ4n) is 4.18. The summed E-state index contributed by atoms with van der Waals surface area (Å²) >= 11 is 0. The molecular weight excluding hydrogens is 336 g/mol. The number of hydrogen-bond donors (Lipinski definition) is 1. The molecule has 2 aliphatic heterocycles. The minimum absolute atomic E-state index is 0.104. The quantitative estimate of drug-likeness (QED) is 0.827. The van der Waals surface area contributed by atoms with Crippen molar-refractivity contribution in [3.8, 4) is 5.75 Å². The summed E-state index contributed by atoms with van der Waals surface area (Å²) in [6.07, 6.45) is -1.92. The van der Waals surface area contributed by atoms with Crippen LogP contribution in [-0.4, -0.2) is 48.2 Å². The van der Waals surface area contributed by atoms with E-state index in [0.717, 1.165) is 11.3 Å². The molecule has 0 bridgehead atoms. The molecule has 2 aliphatic rings. The monoisotopic (exact) mass is 364 g/mol. The molecule has 0 amide bonds. The fraction of sp³-hybridized carbons (Fsp3) is 0.650. The number of aliphatic hydroxyl groups excluding tert-OH is 1. The van der Waals surface area contributed by atoms with Gasteiger partial charge in [0.2, 0.25) is 0 Å². The predicted octanol–water partition coefficient (Wildman–Crippen LogP) is 2.32. The van der Waals surface area contributed by atoms with Crippen LogP contribution < -0.4 is 4.74 Å². The van der Waals surface area contributed by atoms with Crippen LogP contribution in [0.25, 0.3) is 0 Å². The Hall–Kier alpha value is -1.63. The van der Waals surface area contributed by atoms with Gasteiger partial charge < -0.3 is 24.1 Å². The summed E-state index contributed by atoms with van der Waals surface area (Å²) in [7, 11) is 1.63. The van der Waals surface area contributed by atoms with Gasteiger partial charge in [0.25, 0.3) is 0 Å². The summed E-state index contributed by atoms with van der Waals surface area (Å²) < 4.78 is 23.1. The van der Waals surface area contributed by atoms with Crippen LogP contribution in [0.2, 0.25) is 0 Å². The van der Waals surface area contributed by atoms with Gasteiger partial charge in [-0.2, -0.15) is 0 Å². The van der Waals surface area contributed by atoms with E-state index in [4.69, 9.17) is 18.9 Å². The van der Waals surface area contributed by atoms with Crippen molar-refractivity contribution in [1.82, 2.24) is 0 Å². The summed E-state index contributed by atoms with van der Waals surface area (Å²) in [6.45, 7) is 7.82. The number of ether oxygens (including phenoxy) is 4. The Kier molecular flexibility index (Phi) is 5.28. The van der Waals surface area contributed by atoms with Gasteiger partial charge in [0.15, 0.2) is 0 Å². The average Bonchev–Trinajstić information content (AvgIpc) is 2.62. The van der Waals surface area contributed by atoms with Crippen LogP contribution in [0, 0.1) is 11.8 Å². The largest absolute Gasteiger partial charge is 0.497 e. The van der Waals surface area contributed by atoms with E-state index in [1.54, 1.807) is 14.0 Å². The van der Waals surface area contributed by atoms with E-state index < -0.39 is 23.7 Å². The fourth-order valence-corrected chi connectivity index (χ4v) is 4.18. The summed E-state index contributed by atoms with van der Waals surface area (Å²) in [5.41, 5.74) is 0.0967. The molecule has 2 heterocycles. The number of esters is 1. The second-order valence-electron chi connectivity index (χ2n) is 7.58. The molecule has 2 fully saturated rings. The smallest absolute Gasteiger partial charge is 0.311 e. The van der Waals surface area contributed by atoms with Gasteiger partial charge in [-0.3, -0.25) is 4.79 Å². The SMILES string of the molecule is COc1ccc(CO[C@@H]2[C@@H](C)[C@@H]3OC(=O)[C@@H](C)[C@@H](O)[C@@]3(C)O[C@H]2C)cc1. The van der Waals surface area contributed by atoms with Gasteiger partial charge in [-0.25, -0.2) is 0 Å². The Morgan fingerprint density at radius 3 is 2.46 bits per heavy atom. The highest BCUT2D eigenvalue weighted by molar-refractivity contribution is 5.74. The van der Waals surface area contributed by atoms with E-state index >= 15 is 0 Å². The normalized spacial score (nSPS) is 39.8. The zero-order chi connectivity index (χ0) is 19.1. The van der Waals surface area contributed by atoms with E-state index in [0.29, 0.717) is 6.61 Å². The summed E-state index contributed by atoms with van der Waals surface area (Å²) in [5.74, 6) is -0.302. The molecule has 3 rings (SSSR count). The molecule has 1 aromatic rings. The van der Waals surface area contributed by atoms with Crippen molar-refractivity contribution in [3.63, 3.8) is 0 Å².